The topological polar surface area (TPSA) is 101 Å². The average Bonchev–Trinajstić information content (AvgIpc) is 2.98. The minimum Gasteiger partial charge on any atom is -0.462 e. The summed E-state index contributed by atoms with van der Waals surface area (Å²) in [6.07, 6.45) is 1.07. The van der Waals surface area contributed by atoms with Crippen LogP contribution in [0.2, 0.25) is 0 Å². The largest absolute Gasteiger partial charge is 0.462 e. The van der Waals surface area contributed by atoms with E-state index in [9.17, 15) is 17.6 Å². The fourth-order valence-electron chi connectivity index (χ4n) is 2.01. The number of aromatic nitrogens is 2. The number of nitrogens with one attached hydrogen (secondary N) is 2. The van der Waals surface area contributed by atoms with E-state index in [0.717, 1.165) is 6.20 Å². The Morgan fingerprint density at radius 2 is 2.13 bits per heavy atom. The lowest BCUT2D eigenvalue weighted by Gasteiger charge is -2.15. The summed E-state index contributed by atoms with van der Waals surface area (Å²) in [6, 6.07) is 4.99. The normalized spacial score (nSPS) is 12.8. The molecule has 1 aromatic heterocycles. The van der Waals surface area contributed by atoms with Crippen molar-refractivity contribution in [2.75, 3.05) is 6.61 Å². The predicted octanol–water partition coefficient (Wildman–Crippen LogP) is 1.76. The first-order chi connectivity index (χ1) is 10.9. The van der Waals surface area contributed by atoms with E-state index in [1.54, 1.807) is 13.0 Å². The van der Waals surface area contributed by atoms with Crippen molar-refractivity contribution in [2.24, 2.45) is 0 Å². The Labute approximate surface area is 132 Å². The maximum Gasteiger partial charge on any atom is 0.342 e. The molecule has 0 aliphatic carbocycles. The lowest BCUT2D eigenvalue weighted by Crippen LogP contribution is -2.29. The Morgan fingerprint density at radius 3 is 2.78 bits per heavy atom. The van der Waals surface area contributed by atoms with Gasteiger partial charge >= 0.3 is 5.97 Å². The average molecular weight is 341 g/mol. The Bertz CT molecular complexity index is 804. The van der Waals surface area contributed by atoms with Crippen molar-refractivity contribution in [3.63, 3.8) is 0 Å². The number of aromatic amines is 1. The molecule has 0 bridgehead atoms. The van der Waals surface area contributed by atoms with Crippen molar-refractivity contribution in [3.8, 4) is 0 Å². The smallest absolute Gasteiger partial charge is 0.342 e. The molecular formula is C14H16FN3O4S. The van der Waals surface area contributed by atoms with Crippen molar-refractivity contribution >= 4 is 16.0 Å². The fraction of sp³-hybridized carbons (Fsp3) is 0.286. The SMILES string of the molecule is CCOC(=O)c1cn[nH]c1S(=O)(=O)N[C@@H](C)c1ccccc1F. The first-order valence-electron chi connectivity index (χ1n) is 6.84. The van der Waals surface area contributed by atoms with Crippen molar-refractivity contribution < 1.29 is 22.3 Å². The van der Waals surface area contributed by atoms with E-state index in [4.69, 9.17) is 4.74 Å². The minimum absolute atomic E-state index is 0.0998. The van der Waals surface area contributed by atoms with Gasteiger partial charge < -0.3 is 4.74 Å². The van der Waals surface area contributed by atoms with Crippen molar-refractivity contribution in [1.29, 1.82) is 0 Å². The van der Waals surface area contributed by atoms with E-state index in [0.29, 0.717) is 0 Å². The molecule has 0 saturated carbocycles. The Hall–Kier alpha value is -2.26. The molecule has 0 radical (unpaired) electrons. The van der Waals surface area contributed by atoms with Gasteiger partial charge in [0.2, 0.25) is 0 Å². The van der Waals surface area contributed by atoms with Crippen LogP contribution >= 0.6 is 0 Å². The second-order valence-corrected chi connectivity index (χ2v) is 6.35. The van der Waals surface area contributed by atoms with Gasteiger partial charge in [-0.3, -0.25) is 5.10 Å². The van der Waals surface area contributed by atoms with Gasteiger partial charge in [0.1, 0.15) is 11.4 Å². The third-order valence-corrected chi connectivity index (χ3v) is 4.58. The number of carbonyl (C=O) groups excluding carboxylic acids is 1. The summed E-state index contributed by atoms with van der Waals surface area (Å²) in [5.41, 5.74) is -0.0200. The van der Waals surface area contributed by atoms with E-state index in [1.807, 2.05) is 0 Å². The highest BCUT2D eigenvalue weighted by molar-refractivity contribution is 7.89. The first kappa shape index (κ1) is 17.1. The van der Waals surface area contributed by atoms with Crippen molar-refractivity contribution in [3.05, 3.63) is 47.4 Å². The molecule has 2 rings (SSSR count). The van der Waals surface area contributed by atoms with E-state index in [1.165, 1.54) is 25.1 Å². The molecule has 124 valence electrons. The molecule has 7 nitrogen and oxygen atoms in total. The van der Waals surface area contributed by atoms with Crippen molar-refractivity contribution in [1.82, 2.24) is 14.9 Å². The van der Waals surface area contributed by atoms with Crippen LogP contribution in [0.5, 0.6) is 0 Å². The summed E-state index contributed by atoms with van der Waals surface area (Å²) in [4.78, 5) is 11.7. The molecule has 23 heavy (non-hydrogen) atoms. The Balaban J connectivity index is 2.28. The molecule has 0 fully saturated rings. The third-order valence-electron chi connectivity index (χ3n) is 3.07. The fourth-order valence-corrected chi connectivity index (χ4v) is 3.32. The molecule has 0 amide bonds. The lowest BCUT2D eigenvalue weighted by molar-refractivity contribution is 0.0522. The number of halogens is 1. The van der Waals surface area contributed by atoms with Gasteiger partial charge in [-0.05, 0) is 19.9 Å². The van der Waals surface area contributed by atoms with Crippen LogP contribution in [0, 0.1) is 5.82 Å². The molecule has 0 aliphatic rings. The molecular weight excluding hydrogens is 325 g/mol. The number of nitrogens with zero attached hydrogens (tertiary/aromatic N) is 1. The quantitative estimate of drug-likeness (QED) is 0.780. The Kier molecular flexibility index (Phi) is 5.12. The monoisotopic (exact) mass is 341 g/mol. The molecule has 1 atom stereocenters. The van der Waals surface area contributed by atoms with Crippen LogP contribution in [0.4, 0.5) is 4.39 Å². The van der Waals surface area contributed by atoms with Crippen LogP contribution in [0.1, 0.15) is 35.8 Å². The number of sulfonamides is 1. The summed E-state index contributed by atoms with van der Waals surface area (Å²) in [5, 5.41) is 5.41. The molecule has 2 N–H and O–H groups in total. The highest BCUT2D eigenvalue weighted by Gasteiger charge is 2.28. The standard InChI is InChI=1S/C14H16FN3O4S/c1-3-22-14(19)11-8-16-17-13(11)23(20,21)18-9(2)10-6-4-5-7-12(10)15/h4-9,18H,3H2,1-2H3,(H,16,17)/t9-/m0/s1. The highest BCUT2D eigenvalue weighted by Crippen LogP contribution is 2.20. The number of rotatable bonds is 6. The molecule has 2 aromatic rings. The van der Waals surface area contributed by atoms with Crippen LogP contribution in [-0.4, -0.2) is 31.2 Å². The highest BCUT2D eigenvalue weighted by atomic mass is 32.2. The Morgan fingerprint density at radius 1 is 1.43 bits per heavy atom. The van der Waals surface area contributed by atoms with E-state index in [2.05, 4.69) is 14.9 Å². The maximum absolute atomic E-state index is 13.7. The molecule has 9 heteroatoms. The number of ether oxygens (including phenoxy) is 1. The number of carbonyl (C=O) groups is 1. The van der Waals surface area contributed by atoms with Crippen LogP contribution in [-0.2, 0) is 14.8 Å². The van der Waals surface area contributed by atoms with Gasteiger partial charge in [-0.25, -0.2) is 22.3 Å². The number of H-pyrrole nitrogens is 1. The van der Waals surface area contributed by atoms with Gasteiger partial charge in [0.25, 0.3) is 10.0 Å². The van der Waals surface area contributed by atoms with Gasteiger partial charge in [-0.15, -0.1) is 0 Å². The van der Waals surface area contributed by atoms with E-state index < -0.39 is 32.9 Å². The zero-order valence-electron chi connectivity index (χ0n) is 12.5. The van der Waals surface area contributed by atoms with Crippen molar-refractivity contribution in [2.45, 2.75) is 24.9 Å². The first-order valence-corrected chi connectivity index (χ1v) is 8.32. The zero-order chi connectivity index (χ0) is 17.0. The zero-order valence-corrected chi connectivity index (χ0v) is 13.4. The predicted molar refractivity (Wildman–Crippen MR) is 79.7 cm³/mol. The molecule has 0 unspecified atom stereocenters. The summed E-state index contributed by atoms with van der Waals surface area (Å²) in [7, 11) is -4.11. The summed E-state index contributed by atoms with van der Waals surface area (Å²) >= 11 is 0. The van der Waals surface area contributed by atoms with Gasteiger partial charge in [0.05, 0.1) is 12.8 Å². The maximum atomic E-state index is 13.7. The molecule has 0 aliphatic heterocycles. The number of benzene rings is 1. The summed E-state index contributed by atoms with van der Waals surface area (Å²) < 4.78 is 45.6. The number of hydrogen-bond acceptors (Lipinski definition) is 5. The molecule has 1 aromatic carbocycles. The van der Waals surface area contributed by atoms with E-state index >= 15 is 0 Å². The van der Waals surface area contributed by atoms with E-state index in [-0.39, 0.29) is 17.7 Å². The van der Waals surface area contributed by atoms with Gasteiger partial charge in [0, 0.05) is 11.6 Å². The molecule has 0 spiro atoms. The van der Waals surface area contributed by atoms with Gasteiger partial charge in [-0.2, -0.15) is 5.10 Å². The molecule has 0 saturated heterocycles. The van der Waals surface area contributed by atoms with Crippen LogP contribution in [0.15, 0.2) is 35.5 Å². The van der Waals surface area contributed by atoms with Crippen LogP contribution in [0.25, 0.3) is 0 Å². The lowest BCUT2D eigenvalue weighted by atomic mass is 10.1. The third kappa shape index (κ3) is 3.74. The summed E-state index contributed by atoms with van der Waals surface area (Å²) in [6.45, 7) is 3.20. The minimum atomic E-state index is -4.11. The van der Waals surface area contributed by atoms with Gasteiger partial charge in [-0.1, -0.05) is 18.2 Å². The second kappa shape index (κ2) is 6.88. The number of esters is 1. The van der Waals surface area contributed by atoms with Gasteiger partial charge in [0.15, 0.2) is 5.03 Å². The molecule has 1 heterocycles. The van der Waals surface area contributed by atoms with Crippen LogP contribution < -0.4 is 4.72 Å². The summed E-state index contributed by atoms with van der Waals surface area (Å²) in [5.74, 6) is -1.34. The van der Waals surface area contributed by atoms with Crippen LogP contribution in [0.3, 0.4) is 0 Å². The number of hydrogen-bond donors (Lipinski definition) is 2. The second-order valence-electron chi connectivity index (χ2n) is 4.70.